The second-order valence-corrected chi connectivity index (χ2v) is 3.98. The maximum absolute atomic E-state index is 7.35. The lowest BCUT2D eigenvalue weighted by atomic mass is 10.2. The fourth-order valence-corrected chi connectivity index (χ4v) is 1.15. The first-order chi connectivity index (χ1) is 8.11. The Hall–Kier alpha value is -1.69. The van der Waals surface area contributed by atoms with E-state index in [0.717, 1.165) is 0 Å². The molecule has 0 atom stereocenters. The molecule has 1 heterocycles. The molecule has 0 aliphatic heterocycles. The summed E-state index contributed by atoms with van der Waals surface area (Å²) in [4.78, 5) is 0. The fraction of sp³-hybridized carbons (Fsp3) is 0.545. The number of nitrogens with one attached hydrogen (secondary N) is 1. The average molecular weight is 238 g/mol. The van der Waals surface area contributed by atoms with Gasteiger partial charge in [0, 0.05) is 6.61 Å². The second-order valence-electron chi connectivity index (χ2n) is 3.98. The molecule has 94 valence electrons. The first-order valence-electron chi connectivity index (χ1n) is 5.48. The largest absolute Gasteiger partial charge is 0.474 e. The van der Waals surface area contributed by atoms with Crippen LogP contribution in [0.3, 0.4) is 0 Å². The van der Waals surface area contributed by atoms with Crippen LogP contribution in [0.25, 0.3) is 0 Å². The van der Waals surface area contributed by atoms with Gasteiger partial charge in [-0.25, -0.2) is 0 Å². The molecule has 0 saturated carbocycles. The zero-order valence-electron chi connectivity index (χ0n) is 10.1. The van der Waals surface area contributed by atoms with E-state index < -0.39 is 0 Å². The third-order valence-electron chi connectivity index (χ3n) is 1.89. The molecule has 0 spiro atoms. The molecule has 0 aliphatic carbocycles. The van der Waals surface area contributed by atoms with Crippen molar-refractivity contribution in [2.45, 2.75) is 13.8 Å². The number of amidine groups is 1. The van der Waals surface area contributed by atoms with Crippen LogP contribution in [0.5, 0.6) is 5.88 Å². The van der Waals surface area contributed by atoms with E-state index in [0.29, 0.717) is 31.3 Å². The summed E-state index contributed by atoms with van der Waals surface area (Å²) in [6, 6.07) is 1.60. The van der Waals surface area contributed by atoms with Crippen LogP contribution in [-0.4, -0.2) is 35.9 Å². The maximum atomic E-state index is 7.35. The topological polar surface area (TPSA) is 94.1 Å². The lowest BCUT2D eigenvalue weighted by molar-refractivity contribution is 0.0803. The molecule has 1 aromatic heterocycles. The van der Waals surface area contributed by atoms with Crippen LogP contribution in [0.15, 0.2) is 12.3 Å². The number of nitrogens with zero attached hydrogens (tertiary/aromatic N) is 2. The minimum atomic E-state index is -0.0852. The molecule has 6 heteroatoms. The fourth-order valence-electron chi connectivity index (χ4n) is 1.15. The van der Waals surface area contributed by atoms with E-state index in [-0.39, 0.29) is 11.7 Å². The average Bonchev–Trinajstić information content (AvgIpc) is 2.28. The molecule has 0 aromatic carbocycles. The summed E-state index contributed by atoms with van der Waals surface area (Å²) in [6.07, 6.45) is 1.47. The van der Waals surface area contributed by atoms with E-state index in [2.05, 4.69) is 24.0 Å². The lowest BCUT2D eigenvalue weighted by Crippen LogP contribution is -2.16. The van der Waals surface area contributed by atoms with Crippen LogP contribution < -0.4 is 10.5 Å². The maximum Gasteiger partial charge on any atom is 0.244 e. The van der Waals surface area contributed by atoms with Crippen molar-refractivity contribution >= 4 is 5.84 Å². The van der Waals surface area contributed by atoms with Gasteiger partial charge >= 0.3 is 0 Å². The molecule has 17 heavy (non-hydrogen) atoms. The Balaban J connectivity index is 2.39. The molecule has 6 nitrogen and oxygen atoms in total. The third-order valence-corrected chi connectivity index (χ3v) is 1.89. The van der Waals surface area contributed by atoms with E-state index in [4.69, 9.17) is 20.6 Å². The van der Waals surface area contributed by atoms with Crippen molar-refractivity contribution in [2.75, 3.05) is 19.8 Å². The highest BCUT2D eigenvalue weighted by Gasteiger charge is 2.07. The van der Waals surface area contributed by atoms with E-state index in [1.807, 2.05) is 0 Å². The van der Waals surface area contributed by atoms with Crippen LogP contribution in [0.2, 0.25) is 0 Å². The summed E-state index contributed by atoms with van der Waals surface area (Å²) < 4.78 is 10.7. The van der Waals surface area contributed by atoms with E-state index in [1.165, 1.54) is 6.20 Å². The second kappa shape index (κ2) is 6.80. The highest BCUT2D eigenvalue weighted by atomic mass is 16.5. The molecule has 0 amide bonds. The Labute approximate surface area is 101 Å². The van der Waals surface area contributed by atoms with Crippen molar-refractivity contribution in [1.82, 2.24) is 10.2 Å². The SMILES string of the molecule is CC(C)COCCOc1nnccc1C(=N)N. The van der Waals surface area contributed by atoms with Gasteiger partial charge < -0.3 is 15.2 Å². The minimum Gasteiger partial charge on any atom is -0.474 e. The highest BCUT2D eigenvalue weighted by Crippen LogP contribution is 2.11. The lowest BCUT2D eigenvalue weighted by Gasteiger charge is -2.09. The molecule has 0 bridgehead atoms. The van der Waals surface area contributed by atoms with E-state index in [9.17, 15) is 0 Å². The number of aromatic nitrogens is 2. The summed E-state index contributed by atoms with van der Waals surface area (Å²) in [7, 11) is 0. The van der Waals surface area contributed by atoms with Gasteiger partial charge in [0.15, 0.2) is 0 Å². The summed E-state index contributed by atoms with van der Waals surface area (Å²) in [6.45, 7) is 5.70. The van der Waals surface area contributed by atoms with Gasteiger partial charge in [0.05, 0.1) is 18.4 Å². The zero-order chi connectivity index (χ0) is 12.7. The Morgan fingerprint density at radius 2 is 2.24 bits per heavy atom. The predicted molar refractivity (Wildman–Crippen MR) is 64.2 cm³/mol. The van der Waals surface area contributed by atoms with Gasteiger partial charge in [0.1, 0.15) is 12.4 Å². The van der Waals surface area contributed by atoms with Crippen molar-refractivity contribution < 1.29 is 9.47 Å². The molecular weight excluding hydrogens is 220 g/mol. The first kappa shape index (κ1) is 13.4. The molecular formula is C11H18N4O2. The Morgan fingerprint density at radius 3 is 2.88 bits per heavy atom. The Morgan fingerprint density at radius 1 is 1.47 bits per heavy atom. The van der Waals surface area contributed by atoms with Crippen molar-refractivity contribution in [3.8, 4) is 5.88 Å². The van der Waals surface area contributed by atoms with Gasteiger partial charge in [-0.1, -0.05) is 13.8 Å². The highest BCUT2D eigenvalue weighted by molar-refractivity contribution is 5.96. The number of hydrogen-bond acceptors (Lipinski definition) is 5. The quantitative estimate of drug-likeness (QED) is 0.416. The summed E-state index contributed by atoms with van der Waals surface area (Å²) in [5.41, 5.74) is 5.84. The predicted octanol–water partition coefficient (Wildman–Crippen LogP) is 0.812. The van der Waals surface area contributed by atoms with Crippen molar-refractivity contribution in [3.05, 3.63) is 17.8 Å². The molecule has 0 saturated heterocycles. The smallest absolute Gasteiger partial charge is 0.244 e. The van der Waals surface area contributed by atoms with Gasteiger partial charge in [0.25, 0.3) is 0 Å². The van der Waals surface area contributed by atoms with Gasteiger partial charge in [-0.2, -0.15) is 5.10 Å². The van der Waals surface area contributed by atoms with Crippen LogP contribution in [0.1, 0.15) is 19.4 Å². The van der Waals surface area contributed by atoms with Crippen molar-refractivity contribution in [3.63, 3.8) is 0 Å². The zero-order valence-corrected chi connectivity index (χ0v) is 10.1. The van der Waals surface area contributed by atoms with Crippen LogP contribution in [0.4, 0.5) is 0 Å². The third kappa shape index (κ3) is 4.78. The molecule has 0 unspecified atom stereocenters. The van der Waals surface area contributed by atoms with E-state index in [1.54, 1.807) is 6.07 Å². The summed E-state index contributed by atoms with van der Waals surface area (Å²) in [5, 5.41) is 14.8. The molecule has 1 rings (SSSR count). The molecule has 1 aromatic rings. The van der Waals surface area contributed by atoms with Gasteiger partial charge in [0.2, 0.25) is 5.88 Å². The van der Waals surface area contributed by atoms with Gasteiger partial charge in [-0.15, -0.1) is 5.10 Å². The van der Waals surface area contributed by atoms with Crippen LogP contribution in [-0.2, 0) is 4.74 Å². The summed E-state index contributed by atoms with van der Waals surface area (Å²) in [5.74, 6) is 0.686. The number of rotatable bonds is 7. The van der Waals surface area contributed by atoms with Gasteiger partial charge in [-0.05, 0) is 12.0 Å². The standard InChI is InChI=1S/C11H18N4O2/c1-8(2)7-16-5-6-17-11-9(10(12)13)3-4-14-15-11/h3-4,8H,5-7H2,1-2H3,(H3,12,13). The molecule has 0 fully saturated rings. The molecule has 3 N–H and O–H groups in total. The number of nitrogen functional groups attached to an aromatic ring is 1. The van der Waals surface area contributed by atoms with Crippen molar-refractivity contribution in [1.29, 1.82) is 5.41 Å². The van der Waals surface area contributed by atoms with Crippen molar-refractivity contribution in [2.24, 2.45) is 11.7 Å². The number of hydrogen-bond donors (Lipinski definition) is 2. The van der Waals surface area contributed by atoms with Crippen LogP contribution >= 0.6 is 0 Å². The molecule has 0 aliphatic rings. The molecule has 0 radical (unpaired) electrons. The normalized spacial score (nSPS) is 10.5. The first-order valence-corrected chi connectivity index (χ1v) is 5.48. The Kier molecular flexibility index (Phi) is 5.35. The van der Waals surface area contributed by atoms with Crippen LogP contribution in [0, 0.1) is 11.3 Å². The van der Waals surface area contributed by atoms with E-state index >= 15 is 0 Å². The number of ether oxygens (including phenoxy) is 2. The van der Waals surface area contributed by atoms with Gasteiger partial charge in [-0.3, -0.25) is 5.41 Å². The monoisotopic (exact) mass is 238 g/mol. The number of nitrogens with two attached hydrogens (primary N) is 1. The Bertz CT molecular complexity index is 368. The summed E-state index contributed by atoms with van der Waals surface area (Å²) >= 11 is 0. The minimum absolute atomic E-state index is 0.0852.